The lowest BCUT2D eigenvalue weighted by Crippen LogP contribution is -2.25. The Balaban J connectivity index is 0.000000255. The number of likely N-dealkylation sites (N-methyl/N-ethyl adjacent to an activating group) is 2. The molecule has 0 saturated carbocycles. The van der Waals surface area contributed by atoms with Crippen LogP contribution in [0.4, 0.5) is 0 Å². The molecule has 1 fully saturated rings. The highest BCUT2D eigenvalue weighted by Crippen LogP contribution is 1.89. The lowest BCUT2D eigenvalue weighted by Gasteiger charge is -2.03. The average Bonchev–Trinajstić information content (AvgIpc) is 2.30. The molecule has 1 heterocycles. The maximum Gasteiger partial charge on any atom is 0.317 e. The molecule has 1 saturated heterocycles. The van der Waals surface area contributed by atoms with E-state index in [0.717, 1.165) is 0 Å². The van der Waals surface area contributed by atoms with E-state index >= 15 is 0 Å². The summed E-state index contributed by atoms with van der Waals surface area (Å²) in [7, 11) is 3.29. The van der Waals surface area contributed by atoms with Crippen LogP contribution in [0, 0.1) is 5.41 Å². The molecule has 1 aliphatic rings. The summed E-state index contributed by atoms with van der Waals surface area (Å²) in [6.45, 7) is 0.360. The van der Waals surface area contributed by atoms with E-state index in [4.69, 9.17) is 10.5 Å². The van der Waals surface area contributed by atoms with E-state index in [0.29, 0.717) is 6.54 Å². The van der Waals surface area contributed by atoms with Gasteiger partial charge in [-0.1, -0.05) is 0 Å². The number of carboxylic acid groups (broad SMARTS) is 1. The highest BCUT2D eigenvalue weighted by Gasteiger charge is 2.18. The van der Waals surface area contributed by atoms with E-state index in [9.17, 15) is 9.59 Å². The third kappa shape index (κ3) is 5.09. The molecule has 0 aromatic rings. The molecule has 1 amide bonds. The number of amides is 1. The second kappa shape index (κ2) is 5.92. The number of carboxylic acids is 1. The zero-order chi connectivity index (χ0) is 11.1. The molecule has 0 radical (unpaired) electrons. The second-order valence-electron chi connectivity index (χ2n) is 2.68. The minimum atomic E-state index is -0.822. The minimum Gasteiger partial charge on any atom is -0.480 e. The van der Waals surface area contributed by atoms with Crippen molar-refractivity contribution in [2.45, 2.75) is 0 Å². The van der Waals surface area contributed by atoms with Crippen LogP contribution in [0.1, 0.15) is 0 Å². The quantitative estimate of drug-likeness (QED) is 0.426. The molecule has 0 spiro atoms. The van der Waals surface area contributed by atoms with Gasteiger partial charge in [0.25, 0.3) is 0 Å². The predicted molar refractivity (Wildman–Crippen MR) is 50.1 cm³/mol. The number of hydrogen-bond acceptors (Lipinski definition) is 4. The van der Waals surface area contributed by atoms with E-state index in [1.54, 1.807) is 19.0 Å². The van der Waals surface area contributed by atoms with Gasteiger partial charge in [-0.2, -0.15) is 0 Å². The molecule has 14 heavy (non-hydrogen) atoms. The molecule has 0 aromatic heterocycles. The molecule has 0 aliphatic carbocycles. The van der Waals surface area contributed by atoms with Crippen molar-refractivity contribution >= 4 is 17.8 Å². The minimum absolute atomic E-state index is 0.0417. The summed E-state index contributed by atoms with van der Waals surface area (Å²) in [5, 5.41) is 19.6. The van der Waals surface area contributed by atoms with Crippen molar-refractivity contribution < 1.29 is 14.7 Å². The first kappa shape index (κ1) is 12.4. The SMILES string of the molecule is CN1CC(=O)NC1=N.CNCC(=O)O. The highest BCUT2D eigenvalue weighted by molar-refractivity contribution is 6.02. The van der Waals surface area contributed by atoms with Gasteiger partial charge in [0.15, 0.2) is 5.96 Å². The molecular weight excluding hydrogens is 188 g/mol. The predicted octanol–water partition coefficient (Wildman–Crippen LogP) is -1.73. The van der Waals surface area contributed by atoms with Crippen LogP contribution >= 0.6 is 0 Å². The number of rotatable bonds is 2. The standard InChI is InChI=1S/C4H7N3O.C3H7NO2/c1-7-2-3(8)6-4(7)5;1-4-2-3(5)6/h2H2,1H3,(H2,5,6,8);4H,2H2,1H3,(H,5,6). The lowest BCUT2D eigenvalue weighted by molar-refractivity contribution is -0.135. The summed E-state index contributed by atoms with van der Waals surface area (Å²) in [5.41, 5.74) is 0. The molecule has 7 heteroatoms. The summed E-state index contributed by atoms with van der Waals surface area (Å²) in [5.74, 6) is -0.731. The molecular formula is C7H14N4O3. The molecule has 0 atom stereocenters. The first-order chi connectivity index (χ1) is 6.47. The number of nitrogens with one attached hydrogen (secondary N) is 3. The Kier molecular flexibility index (Phi) is 5.23. The maximum absolute atomic E-state index is 10.4. The van der Waals surface area contributed by atoms with Crippen molar-refractivity contribution in [3.05, 3.63) is 0 Å². The number of nitrogens with zero attached hydrogens (tertiary/aromatic N) is 1. The van der Waals surface area contributed by atoms with Crippen LogP contribution in [-0.4, -0.2) is 55.0 Å². The van der Waals surface area contributed by atoms with Crippen LogP contribution in [0.25, 0.3) is 0 Å². The third-order valence-corrected chi connectivity index (χ3v) is 1.35. The summed E-state index contributed by atoms with van der Waals surface area (Å²) < 4.78 is 0. The average molecular weight is 202 g/mol. The van der Waals surface area contributed by atoms with E-state index in [1.807, 2.05) is 0 Å². The van der Waals surface area contributed by atoms with Gasteiger partial charge in [-0.3, -0.25) is 20.3 Å². The van der Waals surface area contributed by atoms with Gasteiger partial charge in [-0.15, -0.1) is 0 Å². The van der Waals surface area contributed by atoms with Gasteiger partial charge in [0.1, 0.15) is 0 Å². The first-order valence-corrected chi connectivity index (χ1v) is 3.93. The fourth-order valence-electron chi connectivity index (χ4n) is 0.713. The highest BCUT2D eigenvalue weighted by atomic mass is 16.4. The van der Waals surface area contributed by atoms with Crippen molar-refractivity contribution in [1.29, 1.82) is 5.41 Å². The Hall–Kier alpha value is -1.63. The molecule has 0 aromatic carbocycles. The molecule has 1 rings (SSSR count). The fourth-order valence-corrected chi connectivity index (χ4v) is 0.713. The third-order valence-electron chi connectivity index (χ3n) is 1.35. The lowest BCUT2D eigenvalue weighted by atomic mass is 10.6. The van der Waals surface area contributed by atoms with Crippen LogP contribution in [0.2, 0.25) is 0 Å². The summed E-state index contributed by atoms with van der Waals surface area (Å²) in [6.07, 6.45) is 0. The van der Waals surface area contributed by atoms with Crippen molar-refractivity contribution in [3.8, 4) is 0 Å². The number of carbonyl (C=O) groups is 2. The zero-order valence-corrected chi connectivity index (χ0v) is 8.13. The van der Waals surface area contributed by atoms with Crippen molar-refractivity contribution in [2.24, 2.45) is 0 Å². The van der Waals surface area contributed by atoms with Gasteiger partial charge in [0.2, 0.25) is 5.91 Å². The number of carbonyl (C=O) groups excluding carboxylic acids is 1. The topological polar surface area (TPSA) is 106 Å². The normalized spacial score (nSPS) is 14.6. The molecule has 0 bridgehead atoms. The van der Waals surface area contributed by atoms with E-state index in [1.165, 1.54) is 0 Å². The van der Waals surface area contributed by atoms with E-state index < -0.39 is 5.97 Å². The largest absolute Gasteiger partial charge is 0.480 e. The van der Waals surface area contributed by atoms with Gasteiger partial charge in [-0.25, -0.2) is 0 Å². The van der Waals surface area contributed by atoms with Crippen LogP contribution < -0.4 is 10.6 Å². The van der Waals surface area contributed by atoms with Crippen LogP contribution in [0.15, 0.2) is 0 Å². The smallest absolute Gasteiger partial charge is 0.317 e. The molecule has 7 nitrogen and oxygen atoms in total. The summed E-state index contributed by atoms with van der Waals surface area (Å²) in [4.78, 5) is 21.5. The van der Waals surface area contributed by atoms with E-state index in [-0.39, 0.29) is 18.4 Å². The van der Waals surface area contributed by atoms with Gasteiger partial charge < -0.3 is 15.3 Å². The van der Waals surface area contributed by atoms with Gasteiger partial charge >= 0.3 is 5.97 Å². The number of aliphatic carboxylic acids is 1. The Morgan fingerprint density at radius 2 is 2.36 bits per heavy atom. The van der Waals surface area contributed by atoms with Gasteiger partial charge in [-0.05, 0) is 7.05 Å². The number of guanidine groups is 1. The summed E-state index contributed by atoms with van der Waals surface area (Å²) in [6, 6.07) is 0. The van der Waals surface area contributed by atoms with Crippen LogP contribution in [0.5, 0.6) is 0 Å². The van der Waals surface area contributed by atoms with E-state index in [2.05, 4.69) is 10.6 Å². The van der Waals surface area contributed by atoms with Crippen LogP contribution in [-0.2, 0) is 9.59 Å². The van der Waals surface area contributed by atoms with Crippen molar-refractivity contribution in [3.63, 3.8) is 0 Å². The van der Waals surface area contributed by atoms with Gasteiger partial charge in [0, 0.05) is 7.05 Å². The Morgan fingerprint density at radius 3 is 2.43 bits per heavy atom. The fraction of sp³-hybridized carbons (Fsp3) is 0.571. The molecule has 1 aliphatic heterocycles. The summed E-state index contributed by atoms with van der Waals surface area (Å²) >= 11 is 0. The maximum atomic E-state index is 10.4. The zero-order valence-electron chi connectivity index (χ0n) is 8.13. The Bertz CT molecular complexity index is 241. The van der Waals surface area contributed by atoms with Crippen molar-refractivity contribution in [1.82, 2.24) is 15.5 Å². The van der Waals surface area contributed by atoms with Gasteiger partial charge in [0.05, 0.1) is 13.1 Å². The molecule has 4 N–H and O–H groups in total. The monoisotopic (exact) mass is 202 g/mol. The first-order valence-electron chi connectivity index (χ1n) is 3.93. The molecule has 80 valence electrons. The molecule has 0 unspecified atom stereocenters. The second-order valence-corrected chi connectivity index (χ2v) is 2.68. The Labute approximate surface area is 81.6 Å². The Morgan fingerprint density at radius 1 is 1.79 bits per heavy atom. The van der Waals surface area contributed by atoms with Crippen LogP contribution in [0.3, 0.4) is 0 Å². The van der Waals surface area contributed by atoms with Crippen molar-refractivity contribution in [2.75, 3.05) is 27.2 Å². The number of hydrogen-bond donors (Lipinski definition) is 4.